The van der Waals surface area contributed by atoms with Gasteiger partial charge in [-0.1, -0.05) is 17.4 Å². The molecule has 0 bridgehead atoms. The Labute approximate surface area is 157 Å². The summed E-state index contributed by atoms with van der Waals surface area (Å²) in [6.07, 6.45) is 1.47. The van der Waals surface area contributed by atoms with E-state index in [2.05, 4.69) is 10.3 Å². The van der Waals surface area contributed by atoms with Gasteiger partial charge in [0, 0.05) is 24.8 Å². The van der Waals surface area contributed by atoms with Crippen molar-refractivity contribution in [3.8, 4) is 0 Å². The van der Waals surface area contributed by atoms with Crippen LogP contribution in [0.25, 0.3) is 10.2 Å². The largest absolute Gasteiger partial charge is 0.347 e. The topological polar surface area (TPSA) is 45.2 Å². The van der Waals surface area contributed by atoms with Crippen molar-refractivity contribution in [2.75, 3.05) is 23.3 Å². The molecule has 140 valence electrons. The van der Waals surface area contributed by atoms with Gasteiger partial charge in [0.2, 0.25) is 5.91 Å². The fourth-order valence-electron chi connectivity index (χ4n) is 3.22. The van der Waals surface area contributed by atoms with Crippen LogP contribution in [0.15, 0.2) is 36.4 Å². The first-order chi connectivity index (χ1) is 13.0. The molecule has 4 nitrogen and oxygen atoms in total. The second-order valence-electron chi connectivity index (χ2n) is 6.49. The molecule has 0 saturated carbocycles. The number of hydrogen-bond acceptors (Lipinski definition) is 4. The second kappa shape index (κ2) is 7.19. The number of piperidine rings is 1. The summed E-state index contributed by atoms with van der Waals surface area (Å²) in [6, 6.07) is 8.11. The van der Waals surface area contributed by atoms with E-state index < -0.39 is 11.6 Å². The molecule has 2 aromatic carbocycles. The van der Waals surface area contributed by atoms with Gasteiger partial charge in [-0.25, -0.2) is 18.2 Å². The van der Waals surface area contributed by atoms with Crippen LogP contribution >= 0.6 is 11.3 Å². The van der Waals surface area contributed by atoms with Crippen LogP contribution in [0.4, 0.5) is 24.0 Å². The van der Waals surface area contributed by atoms with Gasteiger partial charge in [-0.05, 0) is 37.1 Å². The smallest absolute Gasteiger partial charge is 0.229 e. The SMILES string of the molecule is O=C(Nc1ccc(F)c(F)c1)C1CCCN(c2nc3c(F)cccc3s2)C1. The van der Waals surface area contributed by atoms with Crippen molar-refractivity contribution < 1.29 is 18.0 Å². The minimum absolute atomic E-state index is 0.220. The van der Waals surface area contributed by atoms with Gasteiger partial charge in [-0.2, -0.15) is 0 Å². The summed E-state index contributed by atoms with van der Waals surface area (Å²) in [6.45, 7) is 1.17. The van der Waals surface area contributed by atoms with Gasteiger partial charge in [0.1, 0.15) is 11.3 Å². The number of carbonyl (C=O) groups is 1. The van der Waals surface area contributed by atoms with Crippen molar-refractivity contribution in [1.82, 2.24) is 4.98 Å². The number of carbonyl (C=O) groups excluding carboxylic acids is 1. The average molecular weight is 391 g/mol. The molecule has 1 atom stereocenters. The fraction of sp³-hybridized carbons (Fsp3) is 0.263. The van der Waals surface area contributed by atoms with Crippen LogP contribution in [0.5, 0.6) is 0 Å². The molecule has 27 heavy (non-hydrogen) atoms. The number of rotatable bonds is 3. The predicted molar refractivity (Wildman–Crippen MR) is 99.5 cm³/mol. The Balaban J connectivity index is 1.49. The quantitative estimate of drug-likeness (QED) is 0.712. The maximum atomic E-state index is 13.9. The molecule has 1 saturated heterocycles. The van der Waals surface area contributed by atoms with Crippen LogP contribution in [-0.4, -0.2) is 24.0 Å². The minimum atomic E-state index is -1.01. The number of anilines is 2. The van der Waals surface area contributed by atoms with Crippen molar-refractivity contribution in [3.05, 3.63) is 53.8 Å². The first-order valence-corrected chi connectivity index (χ1v) is 9.39. The Morgan fingerprint density at radius 2 is 2.00 bits per heavy atom. The third-order valence-corrected chi connectivity index (χ3v) is 5.69. The van der Waals surface area contributed by atoms with E-state index in [0.717, 1.165) is 29.8 Å². The van der Waals surface area contributed by atoms with E-state index in [9.17, 15) is 18.0 Å². The van der Waals surface area contributed by atoms with Crippen LogP contribution in [0.2, 0.25) is 0 Å². The van der Waals surface area contributed by atoms with Crippen LogP contribution in [0.3, 0.4) is 0 Å². The summed E-state index contributed by atoms with van der Waals surface area (Å²) in [4.78, 5) is 18.9. The Morgan fingerprint density at radius 3 is 2.78 bits per heavy atom. The van der Waals surface area contributed by atoms with Crippen molar-refractivity contribution in [3.63, 3.8) is 0 Å². The highest BCUT2D eigenvalue weighted by Crippen LogP contribution is 2.32. The summed E-state index contributed by atoms with van der Waals surface area (Å²) in [5.74, 6) is -2.89. The normalized spacial score (nSPS) is 17.3. The van der Waals surface area contributed by atoms with Crippen molar-refractivity contribution in [2.24, 2.45) is 5.92 Å². The summed E-state index contributed by atoms with van der Waals surface area (Å²) < 4.78 is 41.0. The predicted octanol–water partition coefficient (Wildman–Crippen LogP) is 4.57. The summed E-state index contributed by atoms with van der Waals surface area (Å²) >= 11 is 1.39. The number of hydrogen-bond donors (Lipinski definition) is 1. The molecule has 0 aliphatic carbocycles. The molecule has 1 N–H and O–H groups in total. The summed E-state index contributed by atoms with van der Waals surface area (Å²) in [5.41, 5.74) is 0.559. The highest BCUT2D eigenvalue weighted by molar-refractivity contribution is 7.22. The van der Waals surface area contributed by atoms with E-state index in [1.165, 1.54) is 23.5 Å². The Morgan fingerprint density at radius 1 is 1.15 bits per heavy atom. The van der Waals surface area contributed by atoms with Gasteiger partial charge < -0.3 is 10.2 Å². The molecule has 1 aromatic heterocycles. The van der Waals surface area contributed by atoms with E-state index >= 15 is 0 Å². The third-order valence-electron chi connectivity index (χ3n) is 4.61. The molecule has 1 aliphatic rings. The monoisotopic (exact) mass is 391 g/mol. The molecule has 1 unspecified atom stereocenters. The molecular weight excluding hydrogens is 375 g/mol. The number of amides is 1. The molecule has 2 heterocycles. The molecule has 1 amide bonds. The maximum Gasteiger partial charge on any atom is 0.229 e. The molecular formula is C19H16F3N3OS. The highest BCUT2D eigenvalue weighted by Gasteiger charge is 2.28. The Bertz CT molecular complexity index is 1010. The lowest BCUT2D eigenvalue weighted by Crippen LogP contribution is -2.40. The van der Waals surface area contributed by atoms with Crippen LogP contribution in [-0.2, 0) is 4.79 Å². The molecule has 0 radical (unpaired) electrons. The maximum absolute atomic E-state index is 13.9. The number of benzene rings is 2. The average Bonchev–Trinajstić information content (AvgIpc) is 3.11. The summed E-state index contributed by atoms with van der Waals surface area (Å²) in [7, 11) is 0. The van der Waals surface area contributed by atoms with Crippen molar-refractivity contribution >= 4 is 38.3 Å². The van der Waals surface area contributed by atoms with Gasteiger partial charge in [-0.15, -0.1) is 0 Å². The summed E-state index contributed by atoms with van der Waals surface area (Å²) in [5, 5.41) is 3.32. The van der Waals surface area contributed by atoms with Gasteiger partial charge in [0.25, 0.3) is 0 Å². The lowest BCUT2D eigenvalue weighted by molar-refractivity contribution is -0.120. The number of aromatic nitrogens is 1. The van der Waals surface area contributed by atoms with Gasteiger partial charge >= 0.3 is 0 Å². The number of para-hydroxylation sites is 1. The molecule has 8 heteroatoms. The zero-order valence-electron chi connectivity index (χ0n) is 14.2. The standard InChI is InChI=1S/C19H16F3N3OS/c20-13-7-6-12(9-15(13)22)23-18(26)11-3-2-8-25(10-11)19-24-17-14(21)4-1-5-16(17)27-19/h1,4-7,9,11H,2-3,8,10H2,(H,23,26). The third kappa shape index (κ3) is 3.62. The Kier molecular flexibility index (Phi) is 4.73. The molecule has 1 aliphatic heterocycles. The number of nitrogens with zero attached hydrogens (tertiary/aromatic N) is 2. The molecule has 1 fully saturated rings. The van der Waals surface area contributed by atoms with E-state index in [1.54, 1.807) is 6.07 Å². The van der Waals surface area contributed by atoms with E-state index in [4.69, 9.17) is 0 Å². The van der Waals surface area contributed by atoms with Crippen LogP contribution in [0.1, 0.15) is 12.8 Å². The van der Waals surface area contributed by atoms with Gasteiger partial charge in [0.05, 0.1) is 10.6 Å². The zero-order valence-corrected chi connectivity index (χ0v) is 15.0. The Hall–Kier alpha value is -2.61. The molecule has 4 rings (SSSR count). The second-order valence-corrected chi connectivity index (χ2v) is 7.50. The number of halogens is 3. The number of nitrogens with one attached hydrogen (secondary N) is 1. The van der Waals surface area contributed by atoms with E-state index in [1.807, 2.05) is 11.0 Å². The fourth-order valence-corrected chi connectivity index (χ4v) is 4.24. The minimum Gasteiger partial charge on any atom is -0.347 e. The van der Waals surface area contributed by atoms with Crippen molar-refractivity contribution in [2.45, 2.75) is 12.8 Å². The van der Waals surface area contributed by atoms with E-state index in [-0.39, 0.29) is 23.3 Å². The van der Waals surface area contributed by atoms with Crippen molar-refractivity contribution in [1.29, 1.82) is 0 Å². The van der Waals surface area contributed by atoms with E-state index in [0.29, 0.717) is 23.6 Å². The molecule has 0 spiro atoms. The highest BCUT2D eigenvalue weighted by atomic mass is 32.1. The van der Waals surface area contributed by atoms with Crippen LogP contribution < -0.4 is 10.2 Å². The van der Waals surface area contributed by atoms with Gasteiger partial charge in [-0.3, -0.25) is 4.79 Å². The first-order valence-electron chi connectivity index (χ1n) is 8.57. The lowest BCUT2D eigenvalue weighted by atomic mass is 9.97. The molecule has 3 aromatic rings. The lowest BCUT2D eigenvalue weighted by Gasteiger charge is -2.31. The number of thiazole rings is 1. The first kappa shape index (κ1) is 17.8. The van der Waals surface area contributed by atoms with Gasteiger partial charge in [0.15, 0.2) is 16.8 Å². The zero-order chi connectivity index (χ0) is 19.0. The van der Waals surface area contributed by atoms with Crippen LogP contribution in [0, 0.1) is 23.4 Å². The number of fused-ring (bicyclic) bond motifs is 1.